The van der Waals surface area contributed by atoms with E-state index in [0.29, 0.717) is 31.2 Å². The van der Waals surface area contributed by atoms with Crippen LogP contribution in [-0.4, -0.2) is 17.3 Å². The molecule has 2 aromatic carbocycles. The minimum Gasteiger partial charge on any atom is -0.299 e. The van der Waals surface area contributed by atoms with Crippen molar-refractivity contribution in [1.82, 2.24) is 0 Å². The first kappa shape index (κ1) is 19.2. The zero-order valence-electron chi connectivity index (χ0n) is 15.8. The summed E-state index contributed by atoms with van der Waals surface area (Å²) in [7, 11) is 0. The molecule has 0 aliphatic heterocycles. The largest absolute Gasteiger partial charge is 0.299 e. The van der Waals surface area contributed by atoms with Crippen LogP contribution in [0.3, 0.4) is 0 Å². The summed E-state index contributed by atoms with van der Waals surface area (Å²) in [5.41, 5.74) is 2.56. The Hall–Kier alpha value is -2.55. The number of aryl methyl sites for hydroxylation is 1. The lowest BCUT2D eigenvalue weighted by Gasteiger charge is -2.10. The van der Waals surface area contributed by atoms with Crippen LogP contribution in [0.5, 0.6) is 0 Å². The Balaban J connectivity index is 1.46. The molecule has 2 aromatic rings. The number of rotatable bonds is 8. The van der Waals surface area contributed by atoms with Crippen LogP contribution < -0.4 is 0 Å². The second-order valence-electron chi connectivity index (χ2n) is 7.53. The van der Waals surface area contributed by atoms with E-state index < -0.39 is 0 Å². The average molecular weight is 362 g/mol. The summed E-state index contributed by atoms with van der Waals surface area (Å²) in [5.74, 6) is 0.382. The van der Waals surface area contributed by atoms with Crippen molar-refractivity contribution in [2.24, 2.45) is 11.8 Å². The molecule has 3 nitrogen and oxygen atoms in total. The Bertz CT molecular complexity index is 805. The first-order valence-electron chi connectivity index (χ1n) is 9.76. The van der Waals surface area contributed by atoms with Gasteiger partial charge in [-0.25, -0.2) is 0 Å². The highest BCUT2D eigenvalue weighted by atomic mass is 16.1. The Labute approximate surface area is 160 Å². The summed E-state index contributed by atoms with van der Waals surface area (Å²) in [5, 5.41) is 0. The molecule has 2 atom stereocenters. The van der Waals surface area contributed by atoms with Crippen molar-refractivity contribution in [2.75, 3.05) is 0 Å². The van der Waals surface area contributed by atoms with Crippen molar-refractivity contribution in [3.05, 3.63) is 71.3 Å². The van der Waals surface area contributed by atoms with Crippen LogP contribution in [0.2, 0.25) is 0 Å². The van der Waals surface area contributed by atoms with Gasteiger partial charge in [0.15, 0.2) is 11.6 Å². The summed E-state index contributed by atoms with van der Waals surface area (Å²) in [6.07, 6.45) is 3.74. The number of Topliss-reactive ketones (excluding diaryl/α,β-unsaturated/α-hetero) is 3. The van der Waals surface area contributed by atoms with E-state index in [1.54, 1.807) is 0 Å². The van der Waals surface area contributed by atoms with Gasteiger partial charge in [0.1, 0.15) is 5.78 Å². The quantitative estimate of drug-likeness (QED) is 0.605. The minimum atomic E-state index is -0.0313. The van der Waals surface area contributed by atoms with Gasteiger partial charge in [0.2, 0.25) is 0 Å². The third-order valence-electron chi connectivity index (χ3n) is 5.58. The fourth-order valence-corrected chi connectivity index (χ4v) is 3.86. The van der Waals surface area contributed by atoms with Crippen molar-refractivity contribution in [1.29, 1.82) is 0 Å². The standard InChI is InChI=1S/C24H26O3/c1-17-7-9-19(10-8-17)23(26)16-14-21-12-11-20(24(21)27)13-15-22(25)18-5-3-2-4-6-18/h2-10,20-21H,11-16H2,1H3/t20-,21-/m0/s1. The number of hydrogen-bond donors (Lipinski definition) is 0. The summed E-state index contributed by atoms with van der Waals surface area (Å²) >= 11 is 0. The molecule has 1 aliphatic carbocycles. The van der Waals surface area contributed by atoms with E-state index in [0.717, 1.165) is 24.0 Å². The van der Waals surface area contributed by atoms with Gasteiger partial charge in [-0.3, -0.25) is 14.4 Å². The van der Waals surface area contributed by atoms with Gasteiger partial charge in [0.05, 0.1) is 0 Å². The molecular weight excluding hydrogens is 336 g/mol. The highest BCUT2D eigenvalue weighted by Gasteiger charge is 2.34. The van der Waals surface area contributed by atoms with Crippen LogP contribution in [0.25, 0.3) is 0 Å². The third-order valence-corrected chi connectivity index (χ3v) is 5.58. The van der Waals surface area contributed by atoms with Crippen LogP contribution in [0.1, 0.15) is 64.8 Å². The number of carbonyl (C=O) groups is 3. The summed E-state index contributed by atoms with van der Waals surface area (Å²) in [6.45, 7) is 1.99. The molecule has 0 unspecified atom stereocenters. The van der Waals surface area contributed by atoms with Crippen LogP contribution in [0, 0.1) is 18.8 Å². The van der Waals surface area contributed by atoms with Gasteiger partial charge in [-0.15, -0.1) is 0 Å². The van der Waals surface area contributed by atoms with E-state index in [9.17, 15) is 14.4 Å². The van der Waals surface area contributed by atoms with Gasteiger partial charge in [-0.1, -0.05) is 60.2 Å². The molecule has 0 bridgehead atoms. The maximum atomic E-state index is 12.6. The minimum absolute atomic E-state index is 0.0304. The summed E-state index contributed by atoms with van der Waals surface area (Å²) < 4.78 is 0. The Morgan fingerprint density at radius 1 is 0.778 bits per heavy atom. The molecule has 0 spiro atoms. The Morgan fingerprint density at radius 2 is 1.26 bits per heavy atom. The third kappa shape index (κ3) is 5.00. The maximum Gasteiger partial charge on any atom is 0.162 e. The van der Waals surface area contributed by atoms with Crippen LogP contribution in [-0.2, 0) is 4.79 Å². The molecule has 0 radical (unpaired) electrons. The van der Waals surface area contributed by atoms with E-state index in [1.807, 2.05) is 61.5 Å². The monoisotopic (exact) mass is 362 g/mol. The van der Waals surface area contributed by atoms with Gasteiger partial charge in [-0.05, 0) is 32.6 Å². The molecular formula is C24H26O3. The van der Waals surface area contributed by atoms with Crippen LogP contribution in [0.15, 0.2) is 54.6 Å². The van der Waals surface area contributed by atoms with Crippen LogP contribution >= 0.6 is 0 Å². The first-order chi connectivity index (χ1) is 13.0. The predicted molar refractivity (Wildman–Crippen MR) is 106 cm³/mol. The van der Waals surface area contributed by atoms with Gasteiger partial charge >= 0.3 is 0 Å². The van der Waals surface area contributed by atoms with Crippen molar-refractivity contribution >= 4 is 17.3 Å². The van der Waals surface area contributed by atoms with Crippen LogP contribution in [0.4, 0.5) is 0 Å². The van der Waals surface area contributed by atoms with E-state index in [1.165, 1.54) is 0 Å². The van der Waals surface area contributed by atoms with Crippen molar-refractivity contribution in [2.45, 2.75) is 45.4 Å². The second kappa shape index (κ2) is 8.90. The molecule has 1 fully saturated rings. The lowest BCUT2D eigenvalue weighted by molar-refractivity contribution is -0.124. The molecule has 3 heteroatoms. The van der Waals surface area contributed by atoms with Crippen molar-refractivity contribution in [3.63, 3.8) is 0 Å². The normalized spacial score (nSPS) is 19.2. The molecule has 140 valence electrons. The number of ketones is 3. The van der Waals surface area contributed by atoms with E-state index in [4.69, 9.17) is 0 Å². The van der Waals surface area contributed by atoms with Gasteiger partial charge in [0.25, 0.3) is 0 Å². The molecule has 27 heavy (non-hydrogen) atoms. The molecule has 1 aliphatic rings. The molecule has 0 aromatic heterocycles. The number of benzene rings is 2. The van der Waals surface area contributed by atoms with E-state index in [-0.39, 0.29) is 29.2 Å². The highest BCUT2D eigenvalue weighted by molar-refractivity contribution is 5.97. The maximum absolute atomic E-state index is 12.6. The molecule has 0 heterocycles. The fraction of sp³-hybridized carbons (Fsp3) is 0.375. The molecule has 0 amide bonds. The summed E-state index contributed by atoms with van der Waals surface area (Å²) in [4.78, 5) is 37.2. The number of carbonyl (C=O) groups excluding carboxylic acids is 3. The topological polar surface area (TPSA) is 51.2 Å². The smallest absolute Gasteiger partial charge is 0.162 e. The van der Waals surface area contributed by atoms with Crippen molar-refractivity contribution in [3.8, 4) is 0 Å². The molecule has 1 saturated carbocycles. The van der Waals surface area contributed by atoms with E-state index >= 15 is 0 Å². The SMILES string of the molecule is Cc1ccc(C(=O)CC[C@@H]2CC[C@@H](CCC(=O)c3ccccc3)C2=O)cc1. The lowest BCUT2D eigenvalue weighted by atomic mass is 9.92. The molecule has 3 rings (SSSR count). The highest BCUT2D eigenvalue weighted by Crippen LogP contribution is 2.34. The molecule has 0 saturated heterocycles. The first-order valence-corrected chi connectivity index (χ1v) is 9.76. The van der Waals surface area contributed by atoms with Gasteiger partial charge < -0.3 is 0 Å². The second-order valence-corrected chi connectivity index (χ2v) is 7.53. The zero-order chi connectivity index (χ0) is 19.2. The Kier molecular flexibility index (Phi) is 6.33. The predicted octanol–water partition coefficient (Wildman–Crippen LogP) is 5.22. The molecule has 0 N–H and O–H groups in total. The average Bonchev–Trinajstić information content (AvgIpc) is 3.05. The zero-order valence-corrected chi connectivity index (χ0v) is 15.8. The van der Waals surface area contributed by atoms with E-state index in [2.05, 4.69) is 0 Å². The lowest BCUT2D eigenvalue weighted by Crippen LogP contribution is -2.16. The fourth-order valence-electron chi connectivity index (χ4n) is 3.86. The van der Waals surface area contributed by atoms with Gasteiger partial charge in [-0.2, -0.15) is 0 Å². The number of hydrogen-bond acceptors (Lipinski definition) is 3. The Morgan fingerprint density at radius 3 is 1.78 bits per heavy atom. The van der Waals surface area contributed by atoms with Gasteiger partial charge in [0, 0.05) is 35.8 Å². The van der Waals surface area contributed by atoms with Crippen molar-refractivity contribution < 1.29 is 14.4 Å². The summed E-state index contributed by atoms with van der Waals surface area (Å²) in [6, 6.07) is 16.8.